The number of rotatable bonds is 3. The van der Waals surface area contributed by atoms with Gasteiger partial charge in [-0.1, -0.05) is 12.1 Å². The molecule has 0 aliphatic heterocycles. The molecule has 1 aromatic carbocycles. The van der Waals surface area contributed by atoms with Gasteiger partial charge in [-0.15, -0.1) is 0 Å². The van der Waals surface area contributed by atoms with Crippen molar-refractivity contribution in [3.8, 4) is 0 Å². The number of carbonyl (C=O) groups is 1. The highest BCUT2D eigenvalue weighted by Gasteiger charge is 2.06. The zero-order valence-corrected chi connectivity index (χ0v) is 9.37. The third-order valence-corrected chi connectivity index (χ3v) is 2.92. The molecule has 0 fully saturated rings. The van der Waals surface area contributed by atoms with Gasteiger partial charge < -0.3 is 4.74 Å². The number of hydrogen-bond acceptors (Lipinski definition) is 4. The fourth-order valence-corrected chi connectivity index (χ4v) is 1.65. The van der Waals surface area contributed by atoms with E-state index in [9.17, 15) is 13.2 Å². The van der Waals surface area contributed by atoms with Crippen LogP contribution in [0.1, 0.15) is 12.5 Å². The van der Waals surface area contributed by atoms with Crippen LogP contribution in [0.5, 0.6) is 0 Å². The molecule has 4 nitrogen and oxygen atoms in total. The van der Waals surface area contributed by atoms with E-state index in [2.05, 4.69) is 0 Å². The minimum Gasteiger partial charge on any atom is -0.461 e. The van der Waals surface area contributed by atoms with Crippen LogP contribution in [0.25, 0.3) is 0 Å². The first-order valence-electron chi connectivity index (χ1n) is 4.32. The minimum absolute atomic E-state index is 0.166. The molecule has 0 N–H and O–H groups in total. The molecule has 1 rings (SSSR count). The van der Waals surface area contributed by atoms with Crippen molar-refractivity contribution in [2.45, 2.75) is 18.4 Å². The summed E-state index contributed by atoms with van der Waals surface area (Å²) in [5, 5.41) is 0. The molecule has 0 aromatic heterocycles. The summed E-state index contributed by atoms with van der Waals surface area (Å²) in [7, 11) is -3.16. The fourth-order valence-electron chi connectivity index (χ4n) is 1.02. The van der Waals surface area contributed by atoms with Gasteiger partial charge in [-0.2, -0.15) is 0 Å². The van der Waals surface area contributed by atoms with Crippen molar-refractivity contribution in [2.75, 3.05) is 6.26 Å². The lowest BCUT2D eigenvalue weighted by atomic mass is 10.2. The van der Waals surface area contributed by atoms with Gasteiger partial charge in [0.2, 0.25) is 0 Å². The minimum atomic E-state index is -3.16. The van der Waals surface area contributed by atoms with Crippen LogP contribution in [0, 0.1) is 0 Å². The zero-order valence-electron chi connectivity index (χ0n) is 8.56. The van der Waals surface area contributed by atoms with Crippen LogP contribution in [0.4, 0.5) is 0 Å². The summed E-state index contributed by atoms with van der Waals surface area (Å²) in [5.41, 5.74) is 0.762. The summed E-state index contributed by atoms with van der Waals surface area (Å²) in [5.74, 6) is -0.359. The summed E-state index contributed by atoms with van der Waals surface area (Å²) < 4.78 is 27.0. The monoisotopic (exact) mass is 228 g/mol. The van der Waals surface area contributed by atoms with Gasteiger partial charge in [0, 0.05) is 13.2 Å². The van der Waals surface area contributed by atoms with Gasteiger partial charge in [-0.05, 0) is 17.7 Å². The number of ether oxygens (including phenoxy) is 1. The fraction of sp³-hybridized carbons (Fsp3) is 0.300. The van der Waals surface area contributed by atoms with E-state index in [0.29, 0.717) is 0 Å². The van der Waals surface area contributed by atoms with Crippen molar-refractivity contribution in [2.24, 2.45) is 0 Å². The van der Waals surface area contributed by atoms with Gasteiger partial charge in [0.1, 0.15) is 6.61 Å². The van der Waals surface area contributed by atoms with Crippen LogP contribution >= 0.6 is 0 Å². The molecule has 0 spiro atoms. The molecule has 0 radical (unpaired) electrons. The summed E-state index contributed by atoms with van der Waals surface area (Å²) in [6, 6.07) is 6.24. The number of sulfone groups is 1. The van der Waals surface area contributed by atoms with Crippen LogP contribution < -0.4 is 0 Å². The Bertz CT molecular complexity index is 445. The van der Waals surface area contributed by atoms with E-state index in [0.717, 1.165) is 11.8 Å². The van der Waals surface area contributed by atoms with Crippen LogP contribution in [-0.4, -0.2) is 20.6 Å². The molecule has 0 amide bonds. The van der Waals surface area contributed by atoms with Gasteiger partial charge in [-0.25, -0.2) is 8.42 Å². The lowest BCUT2D eigenvalue weighted by molar-refractivity contribution is -0.142. The molecular formula is C10H12O4S. The lowest BCUT2D eigenvalue weighted by Crippen LogP contribution is -2.00. The first-order valence-corrected chi connectivity index (χ1v) is 6.21. The third-order valence-electron chi connectivity index (χ3n) is 1.79. The highest BCUT2D eigenvalue weighted by atomic mass is 32.2. The molecule has 0 aliphatic rings. The topological polar surface area (TPSA) is 60.4 Å². The van der Waals surface area contributed by atoms with E-state index in [1.54, 1.807) is 12.1 Å². The van der Waals surface area contributed by atoms with Crippen LogP contribution in [0.15, 0.2) is 29.2 Å². The standard InChI is InChI=1S/C10H12O4S/c1-8(11)14-7-9-3-5-10(6-4-9)15(2,12)13/h3-6H,7H2,1-2H3. The average Bonchev–Trinajstić information content (AvgIpc) is 2.14. The maximum absolute atomic E-state index is 11.1. The van der Waals surface area contributed by atoms with Gasteiger partial charge in [0.15, 0.2) is 9.84 Å². The smallest absolute Gasteiger partial charge is 0.302 e. The van der Waals surface area contributed by atoms with E-state index >= 15 is 0 Å². The maximum Gasteiger partial charge on any atom is 0.302 e. The van der Waals surface area contributed by atoms with E-state index in [1.807, 2.05) is 0 Å². The summed E-state index contributed by atoms with van der Waals surface area (Å²) in [6.07, 6.45) is 1.15. The van der Waals surface area contributed by atoms with Crippen molar-refractivity contribution in [3.05, 3.63) is 29.8 Å². The van der Waals surface area contributed by atoms with Gasteiger partial charge >= 0.3 is 5.97 Å². The van der Waals surface area contributed by atoms with Crippen LogP contribution in [0.3, 0.4) is 0 Å². The normalized spacial score (nSPS) is 11.1. The molecular weight excluding hydrogens is 216 g/mol. The molecule has 0 unspecified atom stereocenters. The first kappa shape index (κ1) is 11.7. The second kappa shape index (κ2) is 4.44. The van der Waals surface area contributed by atoms with Crippen molar-refractivity contribution >= 4 is 15.8 Å². The predicted molar refractivity (Wildman–Crippen MR) is 55.0 cm³/mol. The van der Waals surface area contributed by atoms with E-state index in [4.69, 9.17) is 4.74 Å². The molecule has 1 aromatic rings. The molecule has 0 atom stereocenters. The summed E-state index contributed by atoms with van der Waals surface area (Å²) in [4.78, 5) is 10.8. The average molecular weight is 228 g/mol. The molecule has 82 valence electrons. The molecule has 0 heterocycles. The first-order chi connectivity index (χ1) is 6.89. The molecule has 15 heavy (non-hydrogen) atoms. The zero-order chi connectivity index (χ0) is 11.5. The van der Waals surface area contributed by atoms with E-state index in [1.165, 1.54) is 19.1 Å². The van der Waals surface area contributed by atoms with Crippen molar-refractivity contribution in [1.29, 1.82) is 0 Å². The Hall–Kier alpha value is -1.36. The highest BCUT2D eigenvalue weighted by molar-refractivity contribution is 7.90. The van der Waals surface area contributed by atoms with Crippen molar-refractivity contribution in [1.82, 2.24) is 0 Å². The Labute approximate surface area is 88.8 Å². The van der Waals surface area contributed by atoms with Crippen molar-refractivity contribution in [3.63, 3.8) is 0 Å². The number of hydrogen-bond donors (Lipinski definition) is 0. The molecule has 5 heteroatoms. The Morgan fingerprint density at radius 3 is 2.20 bits per heavy atom. The highest BCUT2D eigenvalue weighted by Crippen LogP contribution is 2.10. The van der Waals surface area contributed by atoms with Crippen molar-refractivity contribution < 1.29 is 17.9 Å². The quantitative estimate of drug-likeness (QED) is 0.728. The second-order valence-electron chi connectivity index (χ2n) is 3.20. The summed E-state index contributed by atoms with van der Waals surface area (Å²) in [6.45, 7) is 1.49. The lowest BCUT2D eigenvalue weighted by Gasteiger charge is -2.03. The van der Waals surface area contributed by atoms with Crippen LogP contribution in [-0.2, 0) is 26.0 Å². The molecule has 0 saturated heterocycles. The molecule has 0 aliphatic carbocycles. The Morgan fingerprint density at radius 2 is 1.80 bits per heavy atom. The van der Waals surface area contributed by atoms with Crippen LogP contribution in [0.2, 0.25) is 0 Å². The van der Waals surface area contributed by atoms with Gasteiger partial charge in [-0.3, -0.25) is 4.79 Å². The molecule has 0 bridgehead atoms. The number of carbonyl (C=O) groups excluding carboxylic acids is 1. The van der Waals surface area contributed by atoms with E-state index < -0.39 is 9.84 Å². The number of esters is 1. The Balaban J connectivity index is 2.77. The largest absolute Gasteiger partial charge is 0.461 e. The second-order valence-corrected chi connectivity index (χ2v) is 5.21. The third kappa shape index (κ3) is 3.71. The SMILES string of the molecule is CC(=O)OCc1ccc(S(C)(=O)=O)cc1. The summed E-state index contributed by atoms with van der Waals surface area (Å²) >= 11 is 0. The van der Waals surface area contributed by atoms with E-state index in [-0.39, 0.29) is 17.5 Å². The van der Waals surface area contributed by atoms with Gasteiger partial charge in [0.25, 0.3) is 0 Å². The Kier molecular flexibility index (Phi) is 3.47. The number of benzene rings is 1. The van der Waals surface area contributed by atoms with Gasteiger partial charge in [0.05, 0.1) is 4.90 Å². The predicted octanol–water partition coefficient (Wildman–Crippen LogP) is 1.15. The molecule has 0 saturated carbocycles. The maximum atomic E-state index is 11.1. The Morgan fingerprint density at radius 1 is 1.27 bits per heavy atom.